The van der Waals surface area contributed by atoms with Gasteiger partial charge in [0.1, 0.15) is 0 Å². The molecule has 0 N–H and O–H groups in total. The maximum Gasteiger partial charge on any atom is 0.334 e. The molecule has 0 bridgehead atoms. The molecular formula is C29H42O7. The third-order valence-electron chi connectivity index (χ3n) is 10.8. The van der Waals surface area contributed by atoms with Gasteiger partial charge in [0, 0.05) is 31.4 Å². The summed E-state index contributed by atoms with van der Waals surface area (Å²) in [5, 5.41) is 0. The quantitative estimate of drug-likeness (QED) is 0.483. The number of fused-ring (bicyclic) bond motifs is 5. The molecule has 3 aliphatic carbocycles. The third kappa shape index (κ3) is 4.10. The number of hydrogen-bond acceptors (Lipinski definition) is 7. The Hall–Kier alpha value is -1.89. The molecule has 1 saturated heterocycles. The smallest absolute Gasteiger partial charge is 0.334 e. The van der Waals surface area contributed by atoms with Crippen LogP contribution in [0.1, 0.15) is 92.9 Å². The molecule has 3 saturated carbocycles. The van der Waals surface area contributed by atoms with Gasteiger partial charge in [-0.3, -0.25) is 9.59 Å². The van der Waals surface area contributed by atoms with Crippen LogP contribution >= 0.6 is 0 Å². The van der Waals surface area contributed by atoms with Gasteiger partial charge in [0.25, 0.3) is 6.29 Å². The lowest BCUT2D eigenvalue weighted by Crippen LogP contribution is -2.62. The second-order valence-corrected chi connectivity index (χ2v) is 13.2. The molecular weight excluding hydrogens is 460 g/mol. The van der Waals surface area contributed by atoms with Crippen molar-refractivity contribution < 1.29 is 33.3 Å². The van der Waals surface area contributed by atoms with Crippen molar-refractivity contribution in [3.63, 3.8) is 0 Å². The predicted octanol–water partition coefficient (Wildman–Crippen LogP) is 5.31. The van der Waals surface area contributed by atoms with Crippen molar-refractivity contribution in [2.75, 3.05) is 0 Å². The average molecular weight is 503 g/mol. The number of esters is 3. The summed E-state index contributed by atoms with van der Waals surface area (Å²) in [5.41, 5.74) is 1.22. The highest BCUT2D eigenvalue weighted by Crippen LogP contribution is 2.70. The molecule has 0 aromatic rings. The van der Waals surface area contributed by atoms with Gasteiger partial charge in [-0.05, 0) is 78.9 Å². The van der Waals surface area contributed by atoms with Crippen LogP contribution in [0.3, 0.4) is 0 Å². The Bertz CT molecular complexity index is 969. The Labute approximate surface area is 214 Å². The van der Waals surface area contributed by atoms with Crippen LogP contribution < -0.4 is 0 Å². The molecule has 0 spiro atoms. The first kappa shape index (κ1) is 25.7. The minimum Gasteiger partial charge on any atom is -0.436 e. The van der Waals surface area contributed by atoms with Gasteiger partial charge in [-0.15, -0.1) is 0 Å². The van der Waals surface area contributed by atoms with Gasteiger partial charge in [0.15, 0.2) is 0 Å². The van der Waals surface area contributed by atoms with E-state index in [9.17, 15) is 14.4 Å². The van der Waals surface area contributed by atoms with Gasteiger partial charge in [0.2, 0.25) is 6.29 Å². The van der Waals surface area contributed by atoms with Crippen molar-refractivity contribution in [1.82, 2.24) is 0 Å². The largest absolute Gasteiger partial charge is 0.436 e. The van der Waals surface area contributed by atoms with Gasteiger partial charge < -0.3 is 18.9 Å². The maximum atomic E-state index is 12.2. The van der Waals surface area contributed by atoms with Crippen molar-refractivity contribution in [1.29, 1.82) is 0 Å². The number of carbonyl (C=O) groups excluding carboxylic acids is 3. The Morgan fingerprint density at radius 2 is 1.64 bits per heavy atom. The van der Waals surface area contributed by atoms with E-state index in [1.807, 2.05) is 0 Å². The molecule has 7 nitrogen and oxygen atoms in total. The highest BCUT2D eigenvalue weighted by atomic mass is 16.7. The molecule has 0 unspecified atom stereocenters. The molecule has 2 aliphatic heterocycles. The summed E-state index contributed by atoms with van der Waals surface area (Å²) in [6.07, 6.45) is 8.06. The van der Waals surface area contributed by atoms with E-state index < -0.39 is 30.6 Å². The molecule has 0 amide bonds. The van der Waals surface area contributed by atoms with E-state index >= 15 is 0 Å². The number of hydrogen-bond donors (Lipinski definition) is 0. The van der Waals surface area contributed by atoms with Crippen molar-refractivity contribution in [3.05, 3.63) is 11.6 Å². The first-order chi connectivity index (χ1) is 16.8. The zero-order valence-electron chi connectivity index (χ0n) is 22.6. The standard InChI is InChI=1S/C29H42O7/c1-16(30)33-25-18-8-9-23-28(5,13-10-22-27(3,4)11-7-12-29(22,23)6)20(18)15-21(35-25)19-14-24(32)36-26(19)34-17(2)31/h14,18,20-23,25-26H,7-13,15H2,1-6H3/t18-,20+,21+,22-,23-,25+,26-,28-,29-/m0/s1. The predicted molar refractivity (Wildman–Crippen MR) is 131 cm³/mol. The minimum atomic E-state index is -1.09. The van der Waals surface area contributed by atoms with Crippen molar-refractivity contribution in [2.45, 2.75) is 112 Å². The summed E-state index contributed by atoms with van der Waals surface area (Å²) in [5.74, 6) is 0.218. The first-order valence-corrected chi connectivity index (χ1v) is 13.8. The van der Waals surface area contributed by atoms with Crippen LogP contribution in [0.4, 0.5) is 0 Å². The van der Waals surface area contributed by atoms with E-state index in [0.717, 1.165) is 19.3 Å². The second kappa shape index (κ2) is 8.85. The molecule has 2 heterocycles. The van der Waals surface area contributed by atoms with Crippen molar-refractivity contribution in [3.8, 4) is 0 Å². The van der Waals surface area contributed by atoms with Gasteiger partial charge in [-0.2, -0.15) is 0 Å². The summed E-state index contributed by atoms with van der Waals surface area (Å²) >= 11 is 0. The summed E-state index contributed by atoms with van der Waals surface area (Å²) in [4.78, 5) is 35.9. The van der Waals surface area contributed by atoms with Gasteiger partial charge >= 0.3 is 17.9 Å². The summed E-state index contributed by atoms with van der Waals surface area (Å²) in [6, 6.07) is 0. The topological polar surface area (TPSA) is 88.1 Å². The fraction of sp³-hybridized carbons (Fsp3) is 0.828. The molecule has 0 aromatic heterocycles. The molecule has 9 atom stereocenters. The summed E-state index contributed by atoms with van der Waals surface area (Å²) < 4.78 is 22.7. The lowest BCUT2D eigenvalue weighted by Gasteiger charge is -2.67. The SMILES string of the molecule is CC(=O)O[C@H]1OC(=O)C=C1[C@H]1C[C@@H]2[C@H](CC[C@H]3[C@@]2(C)CC[C@H]2C(C)(C)CCC[C@]32C)[C@H](OC(C)=O)O1. The van der Waals surface area contributed by atoms with Crippen LogP contribution in [0.15, 0.2) is 11.6 Å². The fourth-order valence-corrected chi connectivity index (χ4v) is 9.55. The Morgan fingerprint density at radius 3 is 2.33 bits per heavy atom. The van der Waals surface area contributed by atoms with Crippen LogP contribution in [-0.2, 0) is 33.3 Å². The second-order valence-electron chi connectivity index (χ2n) is 13.2. The Morgan fingerprint density at radius 1 is 0.917 bits per heavy atom. The fourth-order valence-electron chi connectivity index (χ4n) is 9.55. The molecule has 7 heteroatoms. The minimum absolute atomic E-state index is 0.0724. The molecule has 5 rings (SSSR count). The number of carbonyl (C=O) groups is 3. The van der Waals surface area contributed by atoms with Crippen LogP contribution in [0.25, 0.3) is 0 Å². The van der Waals surface area contributed by atoms with Gasteiger partial charge in [-0.25, -0.2) is 4.79 Å². The normalized spacial score (nSPS) is 45.3. The molecule has 0 radical (unpaired) electrons. The van der Waals surface area contributed by atoms with Crippen LogP contribution in [-0.4, -0.2) is 36.6 Å². The molecule has 36 heavy (non-hydrogen) atoms. The first-order valence-electron chi connectivity index (χ1n) is 13.8. The van der Waals surface area contributed by atoms with Crippen LogP contribution in [0.2, 0.25) is 0 Å². The molecule has 4 fully saturated rings. The average Bonchev–Trinajstić information content (AvgIpc) is 3.11. The summed E-state index contributed by atoms with van der Waals surface area (Å²) in [7, 11) is 0. The number of ether oxygens (including phenoxy) is 4. The lowest BCUT2D eigenvalue weighted by atomic mass is 9.38. The van der Waals surface area contributed by atoms with Crippen LogP contribution in [0.5, 0.6) is 0 Å². The van der Waals surface area contributed by atoms with E-state index in [2.05, 4.69) is 27.7 Å². The van der Waals surface area contributed by atoms with E-state index in [-0.39, 0.29) is 28.6 Å². The Balaban J connectivity index is 1.49. The highest BCUT2D eigenvalue weighted by Gasteiger charge is 2.64. The molecule has 5 aliphatic rings. The monoisotopic (exact) mass is 502 g/mol. The van der Waals surface area contributed by atoms with Crippen molar-refractivity contribution >= 4 is 17.9 Å². The molecule has 200 valence electrons. The van der Waals surface area contributed by atoms with E-state index in [0.29, 0.717) is 29.2 Å². The highest BCUT2D eigenvalue weighted by molar-refractivity contribution is 5.86. The van der Waals surface area contributed by atoms with E-state index in [1.165, 1.54) is 45.6 Å². The van der Waals surface area contributed by atoms with E-state index in [4.69, 9.17) is 18.9 Å². The van der Waals surface area contributed by atoms with E-state index in [1.54, 1.807) is 0 Å². The summed E-state index contributed by atoms with van der Waals surface area (Å²) in [6.45, 7) is 12.6. The molecule has 0 aromatic carbocycles. The Kier molecular flexibility index (Phi) is 6.33. The lowest BCUT2D eigenvalue weighted by molar-refractivity contribution is -0.270. The van der Waals surface area contributed by atoms with Gasteiger partial charge in [-0.1, -0.05) is 34.1 Å². The zero-order chi connectivity index (χ0) is 26.0. The number of rotatable bonds is 3. The number of cyclic esters (lactones) is 1. The van der Waals surface area contributed by atoms with Crippen LogP contribution in [0, 0.1) is 39.9 Å². The van der Waals surface area contributed by atoms with Gasteiger partial charge in [0.05, 0.1) is 6.10 Å². The maximum absolute atomic E-state index is 12.2. The zero-order valence-corrected chi connectivity index (χ0v) is 22.6. The van der Waals surface area contributed by atoms with Crippen molar-refractivity contribution in [2.24, 2.45) is 39.9 Å². The third-order valence-corrected chi connectivity index (χ3v) is 10.8.